The zero-order valence-electron chi connectivity index (χ0n) is 10.1. The highest BCUT2D eigenvalue weighted by Crippen LogP contribution is 2.32. The van der Waals surface area contributed by atoms with Gasteiger partial charge in [0.15, 0.2) is 11.5 Å². The Morgan fingerprint density at radius 2 is 2.18 bits per heavy atom. The molecule has 0 saturated heterocycles. The van der Waals surface area contributed by atoms with Crippen LogP contribution >= 0.6 is 0 Å². The fourth-order valence-electron chi connectivity index (χ4n) is 1.81. The van der Waals surface area contributed by atoms with Crippen LogP contribution in [0.5, 0.6) is 11.5 Å². The Labute approximate surface area is 100 Å². The predicted octanol–water partition coefficient (Wildman–Crippen LogP) is 2.30. The van der Waals surface area contributed by atoms with E-state index in [1.165, 1.54) is 6.92 Å². The average molecular weight is 236 g/mol. The fraction of sp³-hybridized carbons (Fsp3) is 0.462. The van der Waals surface area contributed by atoms with Gasteiger partial charge in [-0.05, 0) is 37.5 Å². The van der Waals surface area contributed by atoms with Crippen LogP contribution in [0.2, 0.25) is 0 Å². The summed E-state index contributed by atoms with van der Waals surface area (Å²) in [5.41, 5.74) is 1.16. The molecule has 4 heteroatoms. The van der Waals surface area contributed by atoms with E-state index in [1.807, 2.05) is 25.1 Å². The summed E-state index contributed by atoms with van der Waals surface area (Å²) < 4.78 is 15.6. The molecule has 1 aromatic rings. The van der Waals surface area contributed by atoms with Gasteiger partial charge in [-0.15, -0.1) is 0 Å². The van der Waals surface area contributed by atoms with Crippen molar-refractivity contribution in [1.82, 2.24) is 0 Å². The van der Waals surface area contributed by atoms with Crippen LogP contribution in [0.15, 0.2) is 18.2 Å². The summed E-state index contributed by atoms with van der Waals surface area (Å²) >= 11 is 0. The largest absolute Gasteiger partial charge is 0.463 e. The number of esters is 1. The van der Waals surface area contributed by atoms with Crippen LogP contribution in [0.1, 0.15) is 25.8 Å². The summed E-state index contributed by atoms with van der Waals surface area (Å²) in [6, 6.07) is 5.89. The van der Waals surface area contributed by atoms with Crippen molar-refractivity contribution in [3.8, 4) is 11.5 Å². The Balaban J connectivity index is 1.89. The highest BCUT2D eigenvalue weighted by Gasteiger charge is 2.13. The van der Waals surface area contributed by atoms with Gasteiger partial charge in [-0.25, -0.2) is 0 Å². The number of benzene rings is 1. The third-order valence-corrected chi connectivity index (χ3v) is 2.64. The molecule has 0 saturated carbocycles. The van der Waals surface area contributed by atoms with Crippen LogP contribution in [-0.2, 0) is 16.0 Å². The average Bonchev–Trinajstić information content (AvgIpc) is 2.72. The first-order valence-corrected chi connectivity index (χ1v) is 5.71. The van der Waals surface area contributed by atoms with Gasteiger partial charge in [0.2, 0.25) is 6.79 Å². The molecule has 1 heterocycles. The number of ether oxygens (including phenoxy) is 3. The lowest BCUT2D eigenvalue weighted by molar-refractivity contribution is -0.145. The maximum Gasteiger partial charge on any atom is 0.302 e. The predicted molar refractivity (Wildman–Crippen MR) is 62.1 cm³/mol. The number of carbonyl (C=O) groups excluding carboxylic acids is 1. The van der Waals surface area contributed by atoms with E-state index in [1.54, 1.807) is 0 Å². The van der Waals surface area contributed by atoms with E-state index in [0.29, 0.717) is 6.79 Å². The van der Waals surface area contributed by atoms with E-state index in [0.717, 1.165) is 29.9 Å². The Morgan fingerprint density at radius 1 is 1.41 bits per heavy atom. The number of aryl methyl sites for hydroxylation is 1. The smallest absolute Gasteiger partial charge is 0.302 e. The molecule has 2 rings (SSSR count). The lowest BCUT2D eigenvalue weighted by Gasteiger charge is -2.11. The van der Waals surface area contributed by atoms with Crippen molar-refractivity contribution in [3.63, 3.8) is 0 Å². The second-order valence-corrected chi connectivity index (χ2v) is 4.15. The minimum absolute atomic E-state index is 0.0575. The van der Waals surface area contributed by atoms with Crippen molar-refractivity contribution in [2.45, 2.75) is 32.8 Å². The molecule has 0 amide bonds. The molecule has 92 valence electrons. The molecule has 1 aromatic carbocycles. The molecule has 0 bridgehead atoms. The third-order valence-electron chi connectivity index (χ3n) is 2.64. The monoisotopic (exact) mass is 236 g/mol. The van der Waals surface area contributed by atoms with Gasteiger partial charge in [0.1, 0.15) is 0 Å². The summed E-state index contributed by atoms with van der Waals surface area (Å²) in [6.07, 6.45) is 1.60. The first kappa shape index (κ1) is 11.8. The normalized spacial score (nSPS) is 14.5. The van der Waals surface area contributed by atoms with Gasteiger partial charge in [-0.1, -0.05) is 6.07 Å². The molecule has 0 spiro atoms. The first-order chi connectivity index (χ1) is 8.15. The Hall–Kier alpha value is -1.71. The number of rotatable bonds is 4. The van der Waals surface area contributed by atoms with E-state index in [4.69, 9.17) is 14.2 Å². The highest BCUT2D eigenvalue weighted by molar-refractivity contribution is 5.66. The molecule has 0 radical (unpaired) electrons. The van der Waals surface area contributed by atoms with Gasteiger partial charge in [0, 0.05) is 6.92 Å². The van der Waals surface area contributed by atoms with Crippen LogP contribution in [-0.4, -0.2) is 18.9 Å². The SMILES string of the molecule is CC(=O)OC(C)CCc1ccc2c(c1)OCO2. The molecule has 1 atom stereocenters. The number of hydrogen-bond donors (Lipinski definition) is 0. The Bertz CT molecular complexity index is 414. The molecule has 17 heavy (non-hydrogen) atoms. The van der Waals surface area contributed by atoms with Crippen molar-refractivity contribution in [3.05, 3.63) is 23.8 Å². The summed E-state index contributed by atoms with van der Waals surface area (Å²) in [5.74, 6) is 1.35. The summed E-state index contributed by atoms with van der Waals surface area (Å²) in [7, 11) is 0. The van der Waals surface area contributed by atoms with Crippen molar-refractivity contribution in [1.29, 1.82) is 0 Å². The molecule has 0 N–H and O–H groups in total. The molecule has 0 aromatic heterocycles. The van der Waals surface area contributed by atoms with Crippen molar-refractivity contribution in [2.24, 2.45) is 0 Å². The molecule has 1 aliphatic rings. The topological polar surface area (TPSA) is 44.8 Å². The standard InChI is InChI=1S/C13H16O4/c1-9(17-10(2)14)3-4-11-5-6-12-13(7-11)16-8-15-12/h5-7,9H,3-4,8H2,1-2H3. The third kappa shape index (κ3) is 3.12. The summed E-state index contributed by atoms with van der Waals surface area (Å²) in [5, 5.41) is 0. The first-order valence-electron chi connectivity index (χ1n) is 5.71. The van der Waals surface area contributed by atoms with Crippen LogP contribution in [0, 0.1) is 0 Å². The van der Waals surface area contributed by atoms with Crippen molar-refractivity contribution in [2.75, 3.05) is 6.79 Å². The van der Waals surface area contributed by atoms with Crippen LogP contribution in [0.3, 0.4) is 0 Å². The minimum atomic E-state index is -0.233. The van der Waals surface area contributed by atoms with E-state index in [-0.39, 0.29) is 12.1 Å². The van der Waals surface area contributed by atoms with Gasteiger partial charge < -0.3 is 14.2 Å². The zero-order valence-corrected chi connectivity index (χ0v) is 10.1. The Morgan fingerprint density at radius 3 is 2.94 bits per heavy atom. The van der Waals surface area contributed by atoms with E-state index < -0.39 is 0 Å². The van der Waals surface area contributed by atoms with Gasteiger partial charge in [0.25, 0.3) is 0 Å². The van der Waals surface area contributed by atoms with E-state index in [9.17, 15) is 4.79 Å². The number of fused-ring (bicyclic) bond motifs is 1. The maximum atomic E-state index is 10.8. The number of carbonyl (C=O) groups is 1. The van der Waals surface area contributed by atoms with E-state index >= 15 is 0 Å². The van der Waals surface area contributed by atoms with Crippen LogP contribution < -0.4 is 9.47 Å². The molecular weight excluding hydrogens is 220 g/mol. The molecule has 1 unspecified atom stereocenters. The molecule has 0 aliphatic carbocycles. The number of hydrogen-bond acceptors (Lipinski definition) is 4. The molecular formula is C13H16O4. The van der Waals surface area contributed by atoms with Crippen molar-refractivity contribution >= 4 is 5.97 Å². The lowest BCUT2D eigenvalue weighted by atomic mass is 10.1. The second kappa shape index (κ2) is 5.08. The summed E-state index contributed by atoms with van der Waals surface area (Å²) in [6.45, 7) is 3.62. The van der Waals surface area contributed by atoms with Gasteiger partial charge in [-0.3, -0.25) is 4.79 Å². The lowest BCUT2D eigenvalue weighted by Crippen LogP contribution is -2.12. The minimum Gasteiger partial charge on any atom is -0.463 e. The Kier molecular flexibility index (Phi) is 3.52. The van der Waals surface area contributed by atoms with Gasteiger partial charge in [-0.2, -0.15) is 0 Å². The van der Waals surface area contributed by atoms with Crippen molar-refractivity contribution < 1.29 is 19.0 Å². The highest BCUT2D eigenvalue weighted by atomic mass is 16.7. The van der Waals surface area contributed by atoms with Crippen LogP contribution in [0.25, 0.3) is 0 Å². The maximum absolute atomic E-state index is 10.8. The van der Waals surface area contributed by atoms with Gasteiger partial charge >= 0.3 is 5.97 Å². The van der Waals surface area contributed by atoms with Gasteiger partial charge in [0.05, 0.1) is 6.10 Å². The quantitative estimate of drug-likeness (QED) is 0.752. The molecule has 4 nitrogen and oxygen atoms in total. The second-order valence-electron chi connectivity index (χ2n) is 4.15. The van der Waals surface area contributed by atoms with E-state index in [2.05, 4.69) is 0 Å². The van der Waals surface area contributed by atoms with Crippen LogP contribution in [0.4, 0.5) is 0 Å². The molecule has 1 aliphatic heterocycles. The summed E-state index contributed by atoms with van der Waals surface area (Å²) in [4.78, 5) is 10.8. The molecule has 0 fully saturated rings. The zero-order chi connectivity index (χ0) is 12.3. The fourth-order valence-corrected chi connectivity index (χ4v) is 1.81.